The first kappa shape index (κ1) is 13.7. The average molecular weight is 287 g/mol. The summed E-state index contributed by atoms with van der Waals surface area (Å²) in [4.78, 5) is 27.3. The number of para-hydroxylation sites is 1. The van der Waals surface area contributed by atoms with Crippen molar-refractivity contribution in [3.05, 3.63) is 42.0 Å². The first-order valence-corrected chi connectivity index (χ1v) is 6.84. The maximum atomic E-state index is 12.6. The zero-order valence-corrected chi connectivity index (χ0v) is 12.0. The number of carbonyl (C=O) groups is 2. The van der Waals surface area contributed by atoms with Crippen molar-refractivity contribution in [3.63, 3.8) is 0 Å². The summed E-state index contributed by atoms with van der Waals surface area (Å²) in [5.74, 6) is -1.43. The molecular formula is C16H17NO4. The van der Waals surface area contributed by atoms with Crippen molar-refractivity contribution in [3.8, 4) is 0 Å². The van der Waals surface area contributed by atoms with Crippen LogP contribution in [0.4, 0.5) is 5.69 Å². The minimum Gasteiger partial charge on any atom is -0.468 e. The number of rotatable bonds is 2. The molecule has 5 heteroatoms. The second-order valence-corrected chi connectivity index (χ2v) is 5.25. The summed E-state index contributed by atoms with van der Waals surface area (Å²) in [7, 11) is 2.60. The van der Waals surface area contributed by atoms with Crippen molar-refractivity contribution < 1.29 is 19.1 Å². The van der Waals surface area contributed by atoms with Gasteiger partial charge in [0, 0.05) is 30.3 Å². The number of esters is 2. The second-order valence-electron chi connectivity index (χ2n) is 5.25. The van der Waals surface area contributed by atoms with Gasteiger partial charge in [-0.3, -0.25) is 9.59 Å². The van der Waals surface area contributed by atoms with E-state index in [1.54, 1.807) is 0 Å². The lowest BCUT2D eigenvalue weighted by Crippen LogP contribution is -2.58. The predicted molar refractivity (Wildman–Crippen MR) is 77.0 cm³/mol. The molecule has 0 aliphatic carbocycles. The third-order valence-electron chi connectivity index (χ3n) is 4.35. The number of benzene rings is 1. The van der Waals surface area contributed by atoms with E-state index in [0.717, 1.165) is 12.2 Å². The van der Waals surface area contributed by atoms with Gasteiger partial charge in [-0.1, -0.05) is 30.4 Å². The first-order chi connectivity index (χ1) is 10.2. The number of nitrogens with zero attached hydrogens (tertiary/aromatic N) is 1. The van der Waals surface area contributed by atoms with E-state index in [1.165, 1.54) is 14.2 Å². The minimum atomic E-state index is -1.42. The Morgan fingerprint density at radius 1 is 1.19 bits per heavy atom. The highest BCUT2D eigenvalue weighted by Crippen LogP contribution is 2.47. The van der Waals surface area contributed by atoms with Crippen LogP contribution >= 0.6 is 0 Å². The van der Waals surface area contributed by atoms with Gasteiger partial charge in [0.1, 0.15) is 0 Å². The Bertz CT molecular complexity index is 606. The highest BCUT2D eigenvalue weighted by atomic mass is 16.5. The third kappa shape index (κ3) is 1.70. The van der Waals surface area contributed by atoms with Gasteiger partial charge >= 0.3 is 11.9 Å². The van der Waals surface area contributed by atoms with Gasteiger partial charge in [-0.15, -0.1) is 0 Å². The van der Waals surface area contributed by atoms with Crippen molar-refractivity contribution in [2.75, 3.05) is 32.2 Å². The van der Waals surface area contributed by atoms with Crippen LogP contribution in [0.3, 0.4) is 0 Å². The number of hydrogen-bond donors (Lipinski definition) is 0. The Hall–Kier alpha value is -2.30. The largest absolute Gasteiger partial charge is 0.468 e. The van der Waals surface area contributed by atoms with Gasteiger partial charge in [-0.2, -0.15) is 0 Å². The molecular weight excluding hydrogens is 270 g/mol. The van der Waals surface area contributed by atoms with Crippen LogP contribution in [0.15, 0.2) is 36.4 Å². The lowest BCUT2D eigenvalue weighted by atomic mass is 9.65. The van der Waals surface area contributed by atoms with Crippen molar-refractivity contribution in [2.24, 2.45) is 5.92 Å². The average Bonchev–Trinajstić information content (AvgIpc) is 2.55. The molecule has 0 spiro atoms. The lowest BCUT2D eigenvalue weighted by Gasteiger charge is -2.46. The van der Waals surface area contributed by atoms with Crippen LogP contribution in [0, 0.1) is 5.92 Å². The fraction of sp³-hybridized carbons (Fsp3) is 0.375. The SMILES string of the molecule is COC(=O)C1(C(=O)OC)c2ccccc2N2CC=CC1C2. The molecule has 0 saturated heterocycles. The standard InChI is InChI=1S/C16H17NO4/c1-20-14(18)16(15(19)21-2)11-6-5-9-17(10-11)13-8-4-3-7-12(13)16/h3-8,11H,9-10H2,1-2H3. The maximum Gasteiger partial charge on any atom is 0.328 e. The molecule has 1 aromatic carbocycles. The summed E-state index contributed by atoms with van der Waals surface area (Å²) in [5.41, 5.74) is 0.117. The molecule has 2 aliphatic rings. The lowest BCUT2D eigenvalue weighted by molar-refractivity contribution is -0.164. The molecule has 2 heterocycles. The maximum absolute atomic E-state index is 12.6. The molecule has 0 radical (unpaired) electrons. The van der Waals surface area contributed by atoms with Crippen molar-refractivity contribution >= 4 is 17.6 Å². The van der Waals surface area contributed by atoms with Crippen LogP contribution in [0.1, 0.15) is 5.56 Å². The summed E-state index contributed by atoms with van der Waals surface area (Å²) < 4.78 is 9.94. The Morgan fingerprint density at radius 2 is 1.86 bits per heavy atom. The molecule has 5 nitrogen and oxygen atoms in total. The van der Waals surface area contributed by atoms with Gasteiger partial charge in [0.15, 0.2) is 5.41 Å². The summed E-state index contributed by atoms with van der Waals surface area (Å²) in [6, 6.07) is 7.45. The van der Waals surface area contributed by atoms with Crippen molar-refractivity contribution in [1.29, 1.82) is 0 Å². The Morgan fingerprint density at radius 3 is 2.52 bits per heavy atom. The van der Waals surface area contributed by atoms with Gasteiger partial charge in [0.05, 0.1) is 14.2 Å². The first-order valence-electron chi connectivity index (χ1n) is 6.84. The van der Waals surface area contributed by atoms with Gasteiger partial charge in [-0.05, 0) is 6.07 Å². The summed E-state index contributed by atoms with van der Waals surface area (Å²) in [6.07, 6.45) is 3.89. The molecule has 0 amide bonds. The van der Waals surface area contributed by atoms with Crippen LogP contribution in [0.2, 0.25) is 0 Å². The topological polar surface area (TPSA) is 55.8 Å². The molecule has 1 atom stereocenters. The molecule has 0 N–H and O–H groups in total. The normalized spacial score (nSPS) is 21.4. The van der Waals surface area contributed by atoms with E-state index in [4.69, 9.17) is 9.47 Å². The summed E-state index contributed by atoms with van der Waals surface area (Å²) in [5, 5.41) is 0. The van der Waals surface area contributed by atoms with E-state index in [1.807, 2.05) is 36.4 Å². The van der Waals surface area contributed by atoms with E-state index in [2.05, 4.69) is 4.90 Å². The molecule has 0 fully saturated rings. The fourth-order valence-corrected chi connectivity index (χ4v) is 3.41. The van der Waals surface area contributed by atoms with Crippen LogP contribution in [0.5, 0.6) is 0 Å². The molecule has 1 aromatic rings. The number of ether oxygens (including phenoxy) is 2. The van der Waals surface area contributed by atoms with E-state index >= 15 is 0 Å². The molecule has 0 aromatic heterocycles. The van der Waals surface area contributed by atoms with Crippen LogP contribution in [-0.4, -0.2) is 39.2 Å². The van der Waals surface area contributed by atoms with Crippen LogP contribution in [-0.2, 0) is 24.5 Å². The van der Waals surface area contributed by atoms with Crippen molar-refractivity contribution in [1.82, 2.24) is 0 Å². The number of fused-ring (bicyclic) bond motifs is 4. The van der Waals surface area contributed by atoms with Crippen LogP contribution in [0.25, 0.3) is 0 Å². The number of hydrogen-bond acceptors (Lipinski definition) is 5. The number of anilines is 1. The van der Waals surface area contributed by atoms with E-state index in [-0.39, 0.29) is 5.92 Å². The van der Waals surface area contributed by atoms with Gasteiger partial charge in [-0.25, -0.2) is 0 Å². The quantitative estimate of drug-likeness (QED) is 0.466. The molecule has 0 saturated carbocycles. The highest BCUT2D eigenvalue weighted by molar-refractivity contribution is 6.09. The Kier molecular flexibility index (Phi) is 3.20. The van der Waals surface area contributed by atoms with E-state index in [0.29, 0.717) is 12.1 Å². The smallest absolute Gasteiger partial charge is 0.328 e. The predicted octanol–water partition coefficient (Wildman–Crippen LogP) is 1.28. The van der Waals surface area contributed by atoms with E-state index in [9.17, 15) is 9.59 Å². The molecule has 110 valence electrons. The minimum absolute atomic E-state index is 0.291. The summed E-state index contributed by atoms with van der Waals surface area (Å²) in [6.45, 7) is 1.36. The highest BCUT2D eigenvalue weighted by Gasteiger charge is 2.59. The van der Waals surface area contributed by atoms with E-state index < -0.39 is 17.4 Å². The number of methoxy groups -OCH3 is 2. The summed E-state index contributed by atoms with van der Waals surface area (Å²) >= 11 is 0. The van der Waals surface area contributed by atoms with Crippen molar-refractivity contribution in [2.45, 2.75) is 5.41 Å². The molecule has 21 heavy (non-hydrogen) atoms. The zero-order chi connectivity index (χ0) is 15.0. The van der Waals surface area contributed by atoms with Gasteiger partial charge < -0.3 is 14.4 Å². The zero-order valence-electron chi connectivity index (χ0n) is 12.0. The molecule has 1 unspecified atom stereocenters. The third-order valence-corrected chi connectivity index (χ3v) is 4.35. The van der Waals surface area contributed by atoms with Gasteiger partial charge in [0.25, 0.3) is 0 Å². The number of carbonyl (C=O) groups excluding carboxylic acids is 2. The molecule has 2 bridgehead atoms. The second kappa shape index (κ2) is 4.91. The monoisotopic (exact) mass is 287 g/mol. The molecule has 3 rings (SSSR count). The Labute approximate surface area is 123 Å². The Balaban J connectivity index is 2.31. The van der Waals surface area contributed by atoms with Crippen LogP contribution < -0.4 is 4.90 Å². The van der Waals surface area contributed by atoms with Gasteiger partial charge in [0.2, 0.25) is 0 Å². The fourth-order valence-electron chi connectivity index (χ4n) is 3.41. The molecule has 2 aliphatic heterocycles.